The molecule has 1 aliphatic heterocycles. The molecule has 1 aromatic carbocycles. The lowest BCUT2D eigenvalue weighted by Crippen LogP contribution is -2.35. The van der Waals surface area contributed by atoms with Crippen molar-refractivity contribution in [3.05, 3.63) is 41.7 Å². The Hall–Kier alpha value is -2.90. The molecule has 1 N–H and O–H groups in total. The Morgan fingerprint density at radius 1 is 1.17 bits per heavy atom. The molecule has 0 amide bonds. The Balaban J connectivity index is 2.13. The molecular formula is C15H15FN6O. The van der Waals surface area contributed by atoms with Gasteiger partial charge in [-0.2, -0.15) is 4.99 Å². The number of nitrogens with one attached hydrogen (secondary N) is 1. The number of nitrogens with zero attached hydrogens (tertiary/aromatic N) is 5. The number of hydrogen-bond acceptors (Lipinski definition) is 6. The standard InChI is InChI=1S/C15H15FN6O/c1-15(2,3)13-17-11(9-4-6-10(16)7-5-9)8-12(23)22-14(18-13)19-20-21-22/h4-8H,1-3H3,(H,17,18,19,21)/b11-8-. The predicted molar refractivity (Wildman–Crippen MR) is 82.5 cm³/mol. The van der Waals surface area contributed by atoms with Gasteiger partial charge in [0.05, 0.1) is 5.70 Å². The minimum Gasteiger partial charge on any atom is -0.343 e. The number of aromatic nitrogens is 4. The van der Waals surface area contributed by atoms with Crippen molar-refractivity contribution < 1.29 is 9.18 Å². The van der Waals surface area contributed by atoms with Crippen molar-refractivity contribution in [1.82, 2.24) is 25.5 Å². The van der Waals surface area contributed by atoms with Crippen LogP contribution in [0.4, 0.5) is 10.3 Å². The van der Waals surface area contributed by atoms with E-state index in [4.69, 9.17) is 0 Å². The Labute approximate surface area is 131 Å². The van der Waals surface area contributed by atoms with Gasteiger partial charge in [0.25, 0.3) is 11.9 Å². The molecule has 0 atom stereocenters. The van der Waals surface area contributed by atoms with Gasteiger partial charge >= 0.3 is 0 Å². The summed E-state index contributed by atoms with van der Waals surface area (Å²) in [6.45, 7) is 5.91. The fourth-order valence-corrected chi connectivity index (χ4v) is 2.01. The SMILES string of the molecule is CC(C)(C)/C1=N/c2nnnn2C(=O)/C=C(/c2ccc(F)cc2)N1. The lowest BCUT2D eigenvalue weighted by atomic mass is 9.94. The fourth-order valence-electron chi connectivity index (χ4n) is 2.01. The van der Waals surface area contributed by atoms with Crippen LogP contribution in [-0.4, -0.2) is 32.0 Å². The second-order valence-electron chi connectivity index (χ2n) is 6.13. The van der Waals surface area contributed by atoms with Crippen LogP contribution >= 0.6 is 0 Å². The van der Waals surface area contributed by atoms with Crippen LogP contribution in [0.15, 0.2) is 35.3 Å². The summed E-state index contributed by atoms with van der Waals surface area (Å²) >= 11 is 0. The zero-order chi connectivity index (χ0) is 16.6. The highest BCUT2D eigenvalue weighted by Gasteiger charge is 2.25. The van der Waals surface area contributed by atoms with E-state index in [0.29, 0.717) is 17.1 Å². The van der Waals surface area contributed by atoms with Crippen LogP contribution in [-0.2, 0) is 0 Å². The quantitative estimate of drug-likeness (QED) is 0.815. The number of carbonyl (C=O) groups is 1. The van der Waals surface area contributed by atoms with Gasteiger partial charge in [0.1, 0.15) is 11.7 Å². The summed E-state index contributed by atoms with van der Waals surface area (Å²) in [6, 6.07) is 5.84. The first-order chi connectivity index (χ1) is 10.8. The van der Waals surface area contributed by atoms with Gasteiger partial charge in [-0.1, -0.05) is 25.9 Å². The number of rotatable bonds is 1. The van der Waals surface area contributed by atoms with Crippen molar-refractivity contribution in [2.24, 2.45) is 10.4 Å². The third-order valence-corrected chi connectivity index (χ3v) is 3.26. The molecule has 0 radical (unpaired) electrons. The van der Waals surface area contributed by atoms with Crippen molar-refractivity contribution in [2.45, 2.75) is 20.8 Å². The number of allylic oxidation sites excluding steroid dienone is 1. The van der Waals surface area contributed by atoms with Crippen LogP contribution in [0, 0.1) is 11.2 Å². The summed E-state index contributed by atoms with van der Waals surface area (Å²) in [4.78, 5) is 16.7. The third kappa shape index (κ3) is 3.01. The molecule has 0 bridgehead atoms. The molecule has 0 unspecified atom stereocenters. The van der Waals surface area contributed by atoms with Gasteiger partial charge in [-0.15, -0.1) is 4.68 Å². The predicted octanol–water partition coefficient (Wildman–Crippen LogP) is 2.17. The molecule has 0 fully saturated rings. The molecule has 0 saturated carbocycles. The lowest BCUT2D eigenvalue weighted by molar-refractivity contribution is 0.0954. The van der Waals surface area contributed by atoms with Crippen LogP contribution in [0.1, 0.15) is 31.1 Å². The molecule has 23 heavy (non-hydrogen) atoms. The summed E-state index contributed by atoms with van der Waals surface area (Å²) < 4.78 is 14.2. The van der Waals surface area contributed by atoms with Gasteiger partial charge in [-0.3, -0.25) is 4.79 Å². The van der Waals surface area contributed by atoms with E-state index >= 15 is 0 Å². The van der Waals surface area contributed by atoms with Crippen molar-refractivity contribution >= 4 is 23.4 Å². The van der Waals surface area contributed by atoms with Crippen LogP contribution in [0.5, 0.6) is 0 Å². The van der Waals surface area contributed by atoms with Crippen molar-refractivity contribution in [2.75, 3.05) is 0 Å². The lowest BCUT2D eigenvalue weighted by Gasteiger charge is -2.25. The Bertz CT molecular complexity index is 813. The highest BCUT2D eigenvalue weighted by molar-refractivity contribution is 6.04. The first kappa shape index (κ1) is 15.0. The van der Waals surface area contributed by atoms with Crippen LogP contribution in [0.2, 0.25) is 0 Å². The molecule has 3 rings (SSSR count). The zero-order valence-electron chi connectivity index (χ0n) is 12.9. The molecule has 8 heteroatoms. The Morgan fingerprint density at radius 2 is 1.87 bits per heavy atom. The Kier molecular flexibility index (Phi) is 3.51. The molecule has 1 aliphatic rings. The zero-order valence-corrected chi connectivity index (χ0v) is 12.9. The number of halogens is 1. The summed E-state index contributed by atoms with van der Waals surface area (Å²) in [6.07, 6.45) is 1.37. The van der Waals surface area contributed by atoms with E-state index < -0.39 is 5.91 Å². The number of tetrazole rings is 1. The molecular weight excluding hydrogens is 299 g/mol. The van der Waals surface area contributed by atoms with Gasteiger partial charge in [0.2, 0.25) is 0 Å². The van der Waals surface area contributed by atoms with Crippen LogP contribution in [0.3, 0.4) is 0 Å². The van der Waals surface area contributed by atoms with Crippen molar-refractivity contribution in [3.8, 4) is 0 Å². The van der Waals surface area contributed by atoms with E-state index in [0.717, 1.165) is 4.68 Å². The van der Waals surface area contributed by atoms with E-state index in [1.54, 1.807) is 12.1 Å². The molecule has 7 nitrogen and oxygen atoms in total. The second kappa shape index (κ2) is 5.38. The number of aliphatic imine (C=N–C) groups is 1. The molecule has 1 aromatic heterocycles. The van der Waals surface area contributed by atoms with Crippen molar-refractivity contribution in [3.63, 3.8) is 0 Å². The summed E-state index contributed by atoms with van der Waals surface area (Å²) in [5.74, 6) is -0.0778. The molecule has 0 saturated heterocycles. The summed E-state index contributed by atoms with van der Waals surface area (Å²) in [7, 11) is 0. The molecule has 118 valence electrons. The second-order valence-corrected chi connectivity index (χ2v) is 6.13. The third-order valence-electron chi connectivity index (χ3n) is 3.26. The van der Waals surface area contributed by atoms with E-state index in [9.17, 15) is 9.18 Å². The molecule has 2 heterocycles. The van der Waals surface area contributed by atoms with Crippen LogP contribution < -0.4 is 5.32 Å². The highest BCUT2D eigenvalue weighted by atomic mass is 19.1. The monoisotopic (exact) mass is 314 g/mol. The van der Waals surface area contributed by atoms with Gasteiger partial charge in [0, 0.05) is 11.5 Å². The van der Waals surface area contributed by atoms with Crippen molar-refractivity contribution in [1.29, 1.82) is 0 Å². The van der Waals surface area contributed by atoms with E-state index in [-0.39, 0.29) is 17.2 Å². The fraction of sp³-hybridized carbons (Fsp3) is 0.267. The summed E-state index contributed by atoms with van der Waals surface area (Å²) in [5.41, 5.74) is 0.828. The minimum atomic E-state index is -0.437. The minimum absolute atomic E-state index is 0.113. The average molecular weight is 314 g/mol. The summed E-state index contributed by atoms with van der Waals surface area (Å²) in [5, 5.41) is 14.1. The van der Waals surface area contributed by atoms with E-state index in [1.807, 2.05) is 20.8 Å². The maximum atomic E-state index is 13.1. The van der Waals surface area contributed by atoms with E-state index in [2.05, 4.69) is 25.8 Å². The van der Waals surface area contributed by atoms with Gasteiger partial charge in [-0.25, -0.2) is 4.39 Å². The largest absolute Gasteiger partial charge is 0.343 e. The maximum absolute atomic E-state index is 13.1. The van der Waals surface area contributed by atoms with E-state index in [1.165, 1.54) is 18.2 Å². The molecule has 0 aliphatic carbocycles. The normalized spacial score (nSPS) is 19.6. The van der Waals surface area contributed by atoms with Gasteiger partial charge in [0.15, 0.2) is 0 Å². The molecule has 0 spiro atoms. The smallest absolute Gasteiger partial charge is 0.278 e. The Morgan fingerprint density at radius 3 is 2.52 bits per heavy atom. The highest BCUT2D eigenvalue weighted by Crippen LogP contribution is 2.23. The average Bonchev–Trinajstić information content (AvgIpc) is 2.91. The van der Waals surface area contributed by atoms with Gasteiger partial charge < -0.3 is 5.32 Å². The number of benzene rings is 1. The number of hydrogen-bond donors (Lipinski definition) is 1. The first-order valence-electron chi connectivity index (χ1n) is 7.01. The number of carbonyl (C=O) groups excluding carboxylic acids is 1. The van der Waals surface area contributed by atoms with Gasteiger partial charge in [-0.05, 0) is 40.3 Å². The molecule has 2 aromatic rings. The first-order valence-corrected chi connectivity index (χ1v) is 7.01. The number of amidine groups is 1. The topological polar surface area (TPSA) is 85.1 Å². The number of fused-ring (bicyclic) bond motifs is 1. The maximum Gasteiger partial charge on any atom is 0.278 e. The van der Waals surface area contributed by atoms with Crippen LogP contribution in [0.25, 0.3) is 5.70 Å².